The van der Waals surface area contributed by atoms with Gasteiger partial charge in [0.15, 0.2) is 0 Å². The summed E-state index contributed by atoms with van der Waals surface area (Å²) in [5, 5.41) is 0. The summed E-state index contributed by atoms with van der Waals surface area (Å²) in [6.07, 6.45) is 72.2. The summed E-state index contributed by atoms with van der Waals surface area (Å²) >= 11 is 0. The minimum atomic E-state index is 0.362. The van der Waals surface area contributed by atoms with Crippen molar-refractivity contribution in [1.29, 1.82) is 0 Å². The Kier molecular flexibility index (Phi) is 41.1. The first-order valence-corrected chi connectivity index (χ1v) is 24.9. The fourth-order valence-electron chi connectivity index (χ4n) is 8.12. The molecule has 2 atom stereocenters. The summed E-state index contributed by atoms with van der Waals surface area (Å²) in [4.78, 5) is 0. The predicted molar refractivity (Wildman–Crippen MR) is 237 cm³/mol. The van der Waals surface area contributed by atoms with E-state index in [1.54, 1.807) is 0 Å². The number of allylic oxidation sites excluding steroid dienone is 2. The molecule has 1 rings (SSSR count). The molecule has 2 unspecified atom stereocenters. The highest BCUT2D eigenvalue weighted by atomic mass is 16.6. The Morgan fingerprint density at radius 3 is 0.615 bits per heavy atom. The Labute approximate surface area is 330 Å². The maximum absolute atomic E-state index is 5.84. The van der Waals surface area contributed by atoms with Crippen LogP contribution in [0.15, 0.2) is 24.3 Å². The summed E-state index contributed by atoms with van der Waals surface area (Å²) in [7, 11) is 0. The molecule has 0 aromatic rings. The molecule has 0 spiro atoms. The third kappa shape index (κ3) is 39.1. The van der Waals surface area contributed by atoms with Crippen LogP contribution in [0.2, 0.25) is 0 Å². The van der Waals surface area contributed by atoms with Crippen LogP contribution < -0.4 is 0 Å². The fourth-order valence-corrected chi connectivity index (χ4v) is 8.12. The van der Waals surface area contributed by atoms with E-state index in [2.05, 4.69) is 38.2 Å². The summed E-state index contributed by atoms with van der Waals surface area (Å²) < 4.78 is 5.84. The van der Waals surface area contributed by atoms with Crippen molar-refractivity contribution in [2.45, 2.75) is 302 Å². The molecule has 1 heteroatoms. The van der Waals surface area contributed by atoms with Gasteiger partial charge in [-0.15, -0.1) is 0 Å². The fraction of sp³-hybridized carbons (Fsp3) is 0.922. The standard InChI is InChI=1S/C51H98O/c1-3-5-7-9-11-13-15-17-19-21-23-25-27-29-31-33-35-37-39-41-43-45-47-49-51-50(52-51)48-46-44-42-40-38-36-34-32-30-28-26-24-22-20-18-16-14-12-10-8-6-4-2/h46-51H,3-45H2,1-2H3. The molecule has 308 valence electrons. The van der Waals surface area contributed by atoms with Gasteiger partial charge in [-0.2, -0.15) is 0 Å². The van der Waals surface area contributed by atoms with Gasteiger partial charge >= 0.3 is 0 Å². The molecule has 0 saturated carbocycles. The van der Waals surface area contributed by atoms with Crippen molar-refractivity contribution in [2.24, 2.45) is 0 Å². The molecule has 1 saturated heterocycles. The van der Waals surface area contributed by atoms with E-state index in [0.29, 0.717) is 12.2 Å². The maximum Gasteiger partial charge on any atom is 0.106 e. The van der Waals surface area contributed by atoms with E-state index in [4.69, 9.17) is 4.74 Å². The first-order valence-electron chi connectivity index (χ1n) is 24.9. The molecule has 1 heterocycles. The van der Waals surface area contributed by atoms with E-state index in [0.717, 1.165) is 0 Å². The van der Waals surface area contributed by atoms with Gasteiger partial charge < -0.3 is 4.74 Å². The normalized spacial score (nSPS) is 15.9. The molecule has 0 aromatic carbocycles. The van der Waals surface area contributed by atoms with Crippen molar-refractivity contribution in [3.05, 3.63) is 24.3 Å². The molecule has 0 aromatic heterocycles. The highest BCUT2D eigenvalue weighted by Crippen LogP contribution is 2.25. The lowest BCUT2D eigenvalue weighted by atomic mass is 10.0. The Balaban J connectivity index is 1.69. The van der Waals surface area contributed by atoms with E-state index >= 15 is 0 Å². The van der Waals surface area contributed by atoms with Crippen LogP contribution in [0.1, 0.15) is 290 Å². The second kappa shape index (κ2) is 43.2. The molecule has 0 radical (unpaired) electrons. The van der Waals surface area contributed by atoms with E-state index in [9.17, 15) is 0 Å². The zero-order valence-corrected chi connectivity index (χ0v) is 36.3. The van der Waals surface area contributed by atoms with Crippen molar-refractivity contribution in [2.75, 3.05) is 0 Å². The van der Waals surface area contributed by atoms with Crippen LogP contribution in [0.5, 0.6) is 0 Å². The van der Waals surface area contributed by atoms with Gasteiger partial charge in [0.1, 0.15) is 12.2 Å². The van der Waals surface area contributed by atoms with Gasteiger partial charge in [-0.05, 0) is 25.7 Å². The first-order chi connectivity index (χ1) is 25.9. The van der Waals surface area contributed by atoms with E-state index in [-0.39, 0.29) is 0 Å². The van der Waals surface area contributed by atoms with Crippen LogP contribution in [-0.2, 0) is 4.74 Å². The molecule has 1 aliphatic rings. The molecule has 0 amide bonds. The van der Waals surface area contributed by atoms with E-state index < -0.39 is 0 Å². The van der Waals surface area contributed by atoms with Gasteiger partial charge in [0.05, 0.1) is 0 Å². The summed E-state index contributed by atoms with van der Waals surface area (Å²) in [6.45, 7) is 4.62. The third-order valence-electron chi connectivity index (χ3n) is 11.9. The maximum atomic E-state index is 5.84. The Morgan fingerprint density at radius 1 is 0.250 bits per heavy atom. The van der Waals surface area contributed by atoms with Gasteiger partial charge in [-0.1, -0.05) is 289 Å². The molecule has 1 aliphatic heterocycles. The van der Waals surface area contributed by atoms with Crippen LogP contribution in [0.4, 0.5) is 0 Å². The molecule has 0 aliphatic carbocycles. The molecule has 1 nitrogen and oxygen atoms in total. The minimum Gasteiger partial charge on any atom is -0.361 e. The second-order valence-corrected chi connectivity index (χ2v) is 17.3. The lowest BCUT2D eigenvalue weighted by Gasteiger charge is -2.04. The Bertz CT molecular complexity index is 708. The predicted octanol–water partition coefficient (Wildman–Crippen LogP) is 18.7. The van der Waals surface area contributed by atoms with Crippen LogP contribution in [0.3, 0.4) is 0 Å². The molecule has 1 fully saturated rings. The van der Waals surface area contributed by atoms with Crippen molar-refractivity contribution in [3.63, 3.8) is 0 Å². The molecule has 52 heavy (non-hydrogen) atoms. The zero-order valence-electron chi connectivity index (χ0n) is 36.3. The van der Waals surface area contributed by atoms with Crippen LogP contribution in [-0.4, -0.2) is 12.2 Å². The number of ether oxygens (including phenoxy) is 1. The smallest absolute Gasteiger partial charge is 0.106 e. The molecule has 0 N–H and O–H groups in total. The minimum absolute atomic E-state index is 0.362. The van der Waals surface area contributed by atoms with Crippen LogP contribution in [0, 0.1) is 0 Å². The average molecular weight is 727 g/mol. The topological polar surface area (TPSA) is 12.5 Å². The van der Waals surface area contributed by atoms with E-state index in [1.165, 1.54) is 276 Å². The first kappa shape index (κ1) is 49.5. The van der Waals surface area contributed by atoms with Crippen molar-refractivity contribution in [3.8, 4) is 0 Å². The number of epoxide rings is 1. The van der Waals surface area contributed by atoms with E-state index in [1.807, 2.05) is 0 Å². The monoisotopic (exact) mass is 727 g/mol. The van der Waals surface area contributed by atoms with Gasteiger partial charge in [0.25, 0.3) is 0 Å². The summed E-state index contributed by atoms with van der Waals surface area (Å²) in [6, 6.07) is 0. The van der Waals surface area contributed by atoms with Gasteiger partial charge in [0, 0.05) is 0 Å². The number of unbranched alkanes of at least 4 members (excludes halogenated alkanes) is 41. The van der Waals surface area contributed by atoms with Crippen molar-refractivity contribution in [1.82, 2.24) is 0 Å². The van der Waals surface area contributed by atoms with Gasteiger partial charge in [-0.25, -0.2) is 0 Å². The summed E-state index contributed by atoms with van der Waals surface area (Å²) in [5.41, 5.74) is 0. The van der Waals surface area contributed by atoms with Crippen molar-refractivity contribution < 1.29 is 4.74 Å². The molecule has 0 bridgehead atoms. The number of hydrogen-bond donors (Lipinski definition) is 0. The molecular weight excluding hydrogens is 629 g/mol. The lowest BCUT2D eigenvalue weighted by Crippen LogP contribution is -1.85. The second-order valence-electron chi connectivity index (χ2n) is 17.3. The Hall–Kier alpha value is -0.560. The van der Waals surface area contributed by atoms with Gasteiger partial charge in [0.2, 0.25) is 0 Å². The highest BCUT2D eigenvalue weighted by Gasteiger charge is 2.33. The van der Waals surface area contributed by atoms with Crippen molar-refractivity contribution >= 4 is 0 Å². The highest BCUT2D eigenvalue weighted by molar-refractivity contribution is 5.11. The number of hydrogen-bond acceptors (Lipinski definition) is 1. The van der Waals surface area contributed by atoms with Gasteiger partial charge in [-0.3, -0.25) is 0 Å². The van der Waals surface area contributed by atoms with Crippen LogP contribution >= 0.6 is 0 Å². The zero-order chi connectivity index (χ0) is 37.1. The Morgan fingerprint density at radius 2 is 0.423 bits per heavy atom. The largest absolute Gasteiger partial charge is 0.361 e. The quantitative estimate of drug-likeness (QED) is 0.0346. The molecular formula is C51H98O. The van der Waals surface area contributed by atoms with Crippen LogP contribution in [0.25, 0.3) is 0 Å². The average Bonchev–Trinajstić information content (AvgIpc) is 3.91. The third-order valence-corrected chi connectivity index (χ3v) is 11.9. The number of rotatable bonds is 45. The lowest BCUT2D eigenvalue weighted by molar-refractivity contribution is 0.412. The SMILES string of the molecule is CCCCCCCCCCCCCCCCCCCCCCC=CC1OC1C=CCCCCCCCCCCCCCCCCCCCCCCC. The summed E-state index contributed by atoms with van der Waals surface area (Å²) in [5.74, 6) is 0.